The van der Waals surface area contributed by atoms with E-state index in [0.29, 0.717) is 23.2 Å². The summed E-state index contributed by atoms with van der Waals surface area (Å²) in [5.74, 6) is 0.484. The number of para-hydroxylation sites is 1. The van der Waals surface area contributed by atoms with Crippen LogP contribution in [0.15, 0.2) is 24.3 Å². The molecule has 0 saturated carbocycles. The monoisotopic (exact) mass is 281 g/mol. The molecule has 1 amide bonds. The number of nitrogens with one attached hydrogen (secondary N) is 1. The van der Waals surface area contributed by atoms with Crippen LogP contribution in [0.25, 0.3) is 0 Å². The van der Waals surface area contributed by atoms with E-state index in [-0.39, 0.29) is 11.9 Å². The number of nitrogens with two attached hydrogens (primary N) is 1. The quantitative estimate of drug-likeness (QED) is 0.890. The summed E-state index contributed by atoms with van der Waals surface area (Å²) in [6, 6.07) is 7.39. The molecule has 1 fully saturated rings. The number of piperidine rings is 1. The van der Waals surface area contributed by atoms with Crippen LogP contribution in [0.5, 0.6) is 0 Å². The molecule has 5 heteroatoms. The van der Waals surface area contributed by atoms with Gasteiger partial charge in [0.15, 0.2) is 0 Å². The summed E-state index contributed by atoms with van der Waals surface area (Å²) in [4.78, 5) is 14.1. The molecule has 2 rings (SSSR count). The fourth-order valence-electron chi connectivity index (χ4n) is 2.27. The maximum atomic E-state index is 12.0. The molecule has 3 N–H and O–H groups in total. The van der Waals surface area contributed by atoms with E-state index in [4.69, 9.17) is 17.3 Å². The maximum absolute atomic E-state index is 12.0. The second-order valence-electron chi connectivity index (χ2n) is 5.19. The molecule has 1 heterocycles. The van der Waals surface area contributed by atoms with Crippen molar-refractivity contribution in [3.05, 3.63) is 29.3 Å². The number of likely N-dealkylation sites (tertiary alicyclic amines) is 1. The Morgan fingerprint density at radius 1 is 1.53 bits per heavy atom. The van der Waals surface area contributed by atoms with Gasteiger partial charge in [0.05, 0.1) is 17.3 Å². The summed E-state index contributed by atoms with van der Waals surface area (Å²) in [5.41, 5.74) is 6.68. The SMILES string of the molecule is CC1CCN(CC(=O)Nc2ccccc2Cl)CC1N. The third-order valence-electron chi connectivity index (χ3n) is 3.62. The Labute approximate surface area is 118 Å². The number of hydrogen-bond acceptors (Lipinski definition) is 3. The number of amides is 1. The Morgan fingerprint density at radius 2 is 2.26 bits per heavy atom. The summed E-state index contributed by atoms with van der Waals surface area (Å²) in [6.07, 6.45) is 1.04. The van der Waals surface area contributed by atoms with Crippen molar-refractivity contribution in [3.8, 4) is 0 Å². The average Bonchev–Trinajstić information content (AvgIpc) is 2.37. The van der Waals surface area contributed by atoms with Crippen molar-refractivity contribution in [3.63, 3.8) is 0 Å². The van der Waals surface area contributed by atoms with Gasteiger partial charge in [0.2, 0.25) is 5.91 Å². The van der Waals surface area contributed by atoms with E-state index in [1.165, 1.54) is 0 Å². The Hall–Kier alpha value is -1.10. The van der Waals surface area contributed by atoms with Gasteiger partial charge in [-0.3, -0.25) is 9.69 Å². The Bertz CT molecular complexity index is 452. The molecule has 19 heavy (non-hydrogen) atoms. The van der Waals surface area contributed by atoms with Gasteiger partial charge in [-0.1, -0.05) is 30.7 Å². The number of benzene rings is 1. The topological polar surface area (TPSA) is 58.4 Å². The lowest BCUT2D eigenvalue weighted by molar-refractivity contribution is -0.117. The Balaban J connectivity index is 1.87. The zero-order chi connectivity index (χ0) is 13.8. The summed E-state index contributed by atoms with van der Waals surface area (Å²) in [6.45, 7) is 4.22. The lowest BCUT2D eigenvalue weighted by Gasteiger charge is -2.34. The normalized spacial score (nSPS) is 24.2. The van der Waals surface area contributed by atoms with Gasteiger partial charge in [0, 0.05) is 12.6 Å². The minimum absolute atomic E-state index is 0.0464. The first-order valence-electron chi connectivity index (χ1n) is 6.58. The van der Waals surface area contributed by atoms with Crippen molar-refractivity contribution in [2.24, 2.45) is 11.7 Å². The zero-order valence-electron chi connectivity index (χ0n) is 11.1. The molecule has 1 aliphatic heterocycles. The summed E-state index contributed by atoms with van der Waals surface area (Å²) < 4.78 is 0. The van der Waals surface area contributed by atoms with E-state index < -0.39 is 0 Å². The van der Waals surface area contributed by atoms with Crippen LogP contribution < -0.4 is 11.1 Å². The van der Waals surface area contributed by atoms with Crippen LogP contribution in [0.4, 0.5) is 5.69 Å². The van der Waals surface area contributed by atoms with E-state index in [1.54, 1.807) is 12.1 Å². The highest BCUT2D eigenvalue weighted by Crippen LogP contribution is 2.20. The number of rotatable bonds is 3. The van der Waals surface area contributed by atoms with Crippen molar-refractivity contribution in [1.29, 1.82) is 0 Å². The summed E-state index contributed by atoms with van der Waals surface area (Å²) in [7, 11) is 0. The maximum Gasteiger partial charge on any atom is 0.238 e. The van der Waals surface area contributed by atoms with Crippen molar-refractivity contribution in [1.82, 2.24) is 4.90 Å². The van der Waals surface area contributed by atoms with E-state index >= 15 is 0 Å². The fourth-order valence-corrected chi connectivity index (χ4v) is 2.45. The molecule has 1 saturated heterocycles. The molecule has 2 unspecified atom stereocenters. The van der Waals surface area contributed by atoms with Gasteiger partial charge in [-0.2, -0.15) is 0 Å². The predicted molar refractivity (Wildman–Crippen MR) is 78.3 cm³/mol. The molecule has 0 spiro atoms. The Kier molecular flexibility index (Phi) is 4.80. The molecule has 104 valence electrons. The first kappa shape index (κ1) is 14.3. The highest BCUT2D eigenvalue weighted by Gasteiger charge is 2.24. The second-order valence-corrected chi connectivity index (χ2v) is 5.60. The van der Waals surface area contributed by atoms with Gasteiger partial charge >= 0.3 is 0 Å². The number of carbonyl (C=O) groups is 1. The van der Waals surface area contributed by atoms with Crippen LogP contribution in [-0.2, 0) is 4.79 Å². The minimum atomic E-state index is -0.0464. The standard InChI is InChI=1S/C14H20ClN3O/c1-10-6-7-18(8-12(10)16)9-14(19)17-13-5-3-2-4-11(13)15/h2-5,10,12H,6-9,16H2,1H3,(H,17,19). The third-order valence-corrected chi connectivity index (χ3v) is 3.95. The lowest BCUT2D eigenvalue weighted by atomic mass is 9.94. The largest absolute Gasteiger partial charge is 0.326 e. The van der Waals surface area contributed by atoms with Crippen molar-refractivity contribution < 1.29 is 4.79 Å². The molecular formula is C14H20ClN3O. The number of halogens is 1. The van der Waals surface area contributed by atoms with Crippen LogP contribution >= 0.6 is 11.6 Å². The molecule has 1 aliphatic rings. The molecule has 0 bridgehead atoms. The number of hydrogen-bond donors (Lipinski definition) is 2. The summed E-state index contributed by atoms with van der Waals surface area (Å²) in [5, 5.41) is 3.39. The van der Waals surface area contributed by atoms with Gasteiger partial charge in [0.1, 0.15) is 0 Å². The first-order chi connectivity index (χ1) is 9.06. The molecule has 4 nitrogen and oxygen atoms in total. The predicted octanol–water partition coefficient (Wildman–Crippen LogP) is 1.95. The van der Waals surface area contributed by atoms with E-state index in [2.05, 4.69) is 17.1 Å². The molecular weight excluding hydrogens is 262 g/mol. The van der Waals surface area contributed by atoms with Crippen molar-refractivity contribution in [2.45, 2.75) is 19.4 Å². The smallest absolute Gasteiger partial charge is 0.238 e. The van der Waals surface area contributed by atoms with E-state index in [0.717, 1.165) is 19.5 Å². The number of nitrogens with zero attached hydrogens (tertiary/aromatic N) is 1. The van der Waals surface area contributed by atoms with Crippen LogP contribution in [-0.4, -0.2) is 36.5 Å². The van der Waals surface area contributed by atoms with Crippen LogP contribution in [0.3, 0.4) is 0 Å². The van der Waals surface area contributed by atoms with Gasteiger partial charge in [0.25, 0.3) is 0 Å². The van der Waals surface area contributed by atoms with Crippen LogP contribution in [0, 0.1) is 5.92 Å². The zero-order valence-corrected chi connectivity index (χ0v) is 11.9. The van der Waals surface area contributed by atoms with Crippen LogP contribution in [0.2, 0.25) is 5.02 Å². The second kappa shape index (κ2) is 6.37. The molecule has 1 aromatic carbocycles. The highest BCUT2D eigenvalue weighted by molar-refractivity contribution is 6.33. The average molecular weight is 282 g/mol. The molecule has 1 aromatic rings. The lowest BCUT2D eigenvalue weighted by Crippen LogP contribution is -2.49. The van der Waals surface area contributed by atoms with Gasteiger partial charge in [-0.05, 0) is 31.0 Å². The van der Waals surface area contributed by atoms with E-state index in [9.17, 15) is 4.79 Å². The first-order valence-corrected chi connectivity index (χ1v) is 6.96. The number of carbonyl (C=O) groups excluding carboxylic acids is 1. The molecule has 0 radical (unpaired) electrons. The fraction of sp³-hybridized carbons (Fsp3) is 0.500. The van der Waals surface area contributed by atoms with Crippen LogP contribution in [0.1, 0.15) is 13.3 Å². The Morgan fingerprint density at radius 3 is 2.95 bits per heavy atom. The highest BCUT2D eigenvalue weighted by atomic mass is 35.5. The summed E-state index contributed by atoms with van der Waals surface area (Å²) >= 11 is 6.01. The number of anilines is 1. The third kappa shape index (κ3) is 3.93. The van der Waals surface area contributed by atoms with Crippen molar-refractivity contribution >= 4 is 23.2 Å². The molecule has 0 aromatic heterocycles. The molecule has 0 aliphatic carbocycles. The van der Waals surface area contributed by atoms with Gasteiger partial charge in [-0.15, -0.1) is 0 Å². The minimum Gasteiger partial charge on any atom is -0.326 e. The van der Waals surface area contributed by atoms with Crippen molar-refractivity contribution in [2.75, 3.05) is 25.0 Å². The molecule has 2 atom stereocenters. The van der Waals surface area contributed by atoms with Gasteiger partial charge < -0.3 is 11.1 Å². The van der Waals surface area contributed by atoms with E-state index in [1.807, 2.05) is 12.1 Å². The van der Waals surface area contributed by atoms with Gasteiger partial charge in [-0.25, -0.2) is 0 Å².